The average Bonchev–Trinajstić information content (AvgIpc) is 3.19. The Balaban J connectivity index is 1.46. The zero-order chi connectivity index (χ0) is 23.4. The second-order valence-electron chi connectivity index (χ2n) is 7.41. The zero-order valence-electron chi connectivity index (χ0n) is 17.9. The molecule has 0 aliphatic heterocycles. The number of carbonyl (C=O) groups is 2. The van der Waals surface area contributed by atoms with Crippen LogP contribution in [0.2, 0.25) is 5.02 Å². The first kappa shape index (κ1) is 22.3. The molecule has 0 saturated heterocycles. The van der Waals surface area contributed by atoms with Crippen molar-refractivity contribution in [3.63, 3.8) is 0 Å². The molecule has 4 aromatic rings. The molecule has 1 heterocycles. The van der Waals surface area contributed by atoms with Crippen LogP contribution in [0.15, 0.2) is 78.9 Å². The quantitative estimate of drug-likeness (QED) is 0.388. The maximum Gasteiger partial charge on any atom is 0.257 e. The van der Waals surface area contributed by atoms with Crippen molar-refractivity contribution >= 4 is 34.9 Å². The molecule has 1 aromatic heterocycles. The van der Waals surface area contributed by atoms with Gasteiger partial charge in [0, 0.05) is 36.5 Å². The summed E-state index contributed by atoms with van der Waals surface area (Å²) in [7, 11) is 1.76. The van der Waals surface area contributed by atoms with Gasteiger partial charge in [0.05, 0.1) is 16.3 Å². The molecule has 0 spiro atoms. The van der Waals surface area contributed by atoms with E-state index in [-0.39, 0.29) is 11.8 Å². The minimum atomic E-state index is -0.283. The van der Waals surface area contributed by atoms with Crippen molar-refractivity contribution in [3.05, 3.63) is 101 Å². The molecule has 3 aromatic carbocycles. The number of aromatic nitrogens is 2. The van der Waals surface area contributed by atoms with Crippen molar-refractivity contribution in [2.75, 3.05) is 10.6 Å². The standard InChI is InChI=1S/C25H22ClN5O2/c1-31-23(29-24(32)18-6-4-5-16(13-18)15-27)14-22(30-31)17-9-11-19(12-10-17)28-25(33)20-7-2-3-8-21(20)26/h2-14H,15,27H2,1H3,(H,28,33)(H,29,32). The number of benzene rings is 3. The van der Waals surface area contributed by atoms with Gasteiger partial charge in [0.1, 0.15) is 5.82 Å². The Hall–Kier alpha value is -3.94. The minimum absolute atomic E-state index is 0.238. The summed E-state index contributed by atoms with van der Waals surface area (Å²) < 4.78 is 1.60. The average molecular weight is 460 g/mol. The minimum Gasteiger partial charge on any atom is -0.326 e. The fourth-order valence-corrected chi connectivity index (χ4v) is 3.54. The molecule has 0 aliphatic carbocycles. The van der Waals surface area contributed by atoms with Gasteiger partial charge in [-0.2, -0.15) is 5.10 Å². The van der Waals surface area contributed by atoms with Crippen LogP contribution >= 0.6 is 11.6 Å². The molecule has 4 rings (SSSR count). The highest BCUT2D eigenvalue weighted by molar-refractivity contribution is 6.34. The second-order valence-corrected chi connectivity index (χ2v) is 7.82. The number of halogens is 1. The first-order valence-corrected chi connectivity index (χ1v) is 10.6. The number of amides is 2. The lowest BCUT2D eigenvalue weighted by Gasteiger charge is -2.07. The van der Waals surface area contributed by atoms with Gasteiger partial charge in [-0.3, -0.25) is 14.3 Å². The van der Waals surface area contributed by atoms with E-state index in [9.17, 15) is 9.59 Å². The van der Waals surface area contributed by atoms with E-state index in [0.717, 1.165) is 11.1 Å². The number of nitrogens with two attached hydrogens (primary N) is 1. The summed E-state index contributed by atoms with van der Waals surface area (Å²) in [6.07, 6.45) is 0. The third-order valence-electron chi connectivity index (χ3n) is 5.10. The number of carbonyl (C=O) groups excluding carboxylic acids is 2. The van der Waals surface area contributed by atoms with Gasteiger partial charge >= 0.3 is 0 Å². The summed E-state index contributed by atoms with van der Waals surface area (Å²) in [5, 5.41) is 10.6. The molecular weight excluding hydrogens is 438 g/mol. The van der Waals surface area contributed by atoms with Gasteiger partial charge in [0.15, 0.2) is 0 Å². The molecule has 4 N–H and O–H groups in total. The van der Waals surface area contributed by atoms with Gasteiger partial charge in [-0.15, -0.1) is 0 Å². The first-order valence-electron chi connectivity index (χ1n) is 10.3. The van der Waals surface area contributed by atoms with Crippen LogP contribution in [-0.2, 0) is 13.6 Å². The number of hydrogen-bond donors (Lipinski definition) is 3. The van der Waals surface area contributed by atoms with Crippen LogP contribution in [-0.4, -0.2) is 21.6 Å². The Kier molecular flexibility index (Phi) is 6.53. The number of rotatable bonds is 6. The molecule has 0 radical (unpaired) electrons. The van der Waals surface area contributed by atoms with Gasteiger partial charge in [-0.25, -0.2) is 0 Å². The molecular formula is C25H22ClN5O2. The van der Waals surface area contributed by atoms with Crippen LogP contribution < -0.4 is 16.4 Å². The van der Waals surface area contributed by atoms with Crippen LogP contribution in [0.1, 0.15) is 26.3 Å². The van der Waals surface area contributed by atoms with Gasteiger partial charge in [0.2, 0.25) is 0 Å². The molecule has 0 fully saturated rings. The second kappa shape index (κ2) is 9.68. The highest BCUT2D eigenvalue weighted by Crippen LogP contribution is 2.24. The van der Waals surface area contributed by atoms with Crippen molar-refractivity contribution < 1.29 is 9.59 Å². The largest absolute Gasteiger partial charge is 0.326 e. The number of nitrogens with one attached hydrogen (secondary N) is 2. The van der Waals surface area contributed by atoms with Crippen molar-refractivity contribution in [2.45, 2.75) is 6.54 Å². The fraction of sp³-hybridized carbons (Fsp3) is 0.0800. The van der Waals surface area contributed by atoms with E-state index < -0.39 is 0 Å². The van der Waals surface area contributed by atoms with Gasteiger partial charge in [0.25, 0.3) is 11.8 Å². The van der Waals surface area contributed by atoms with Crippen molar-refractivity contribution in [3.8, 4) is 11.3 Å². The maximum atomic E-state index is 12.6. The summed E-state index contributed by atoms with van der Waals surface area (Å²) >= 11 is 6.09. The molecule has 0 bridgehead atoms. The van der Waals surface area contributed by atoms with Gasteiger partial charge in [-0.1, -0.05) is 48.0 Å². The highest BCUT2D eigenvalue weighted by atomic mass is 35.5. The summed E-state index contributed by atoms with van der Waals surface area (Å²) in [6.45, 7) is 0.367. The van der Waals surface area contributed by atoms with Crippen LogP contribution in [0.25, 0.3) is 11.3 Å². The third kappa shape index (κ3) is 5.11. The van der Waals surface area contributed by atoms with Crippen molar-refractivity contribution in [1.29, 1.82) is 0 Å². The van der Waals surface area contributed by atoms with Crippen molar-refractivity contribution in [2.24, 2.45) is 12.8 Å². The van der Waals surface area contributed by atoms with Crippen LogP contribution in [0.3, 0.4) is 0 Å². The Morgan fingerprint density at radius 2 is 1.70 bits per heavy atom. The molecule has 166 valence electrons. The summed E-state index contributed by atoms with van der Waals surface area (Å²) in [5.74, 6) is 0.0385. The van der Waals surface area contributed by atoms with E-state index in [4.69, 9.17) is 17.3 Å². The molecule has 0 unspecified atom stereocenters. The van der Waals surface area contributed by atoms with E-state index in [2.05, 4.69) is 15.7 Å². The molecule has 0 saturated carbocycles. The predicted octanol–water partition coefficient (Wildman–Crippen LogP) is 4.70. The highest BCUT2D eigenvalue weighted by Gasteiger charge is 2.13. The molecule has 0 atom stereocenters. The van der Waals surface area contributed by atoms with E-state index in [1.807, 2.05) is 18.2 Å². The number of aryl methyl sites for hydroxylation is 1. The monoisotopic (exact) mass is 459 g/mol. The van der Waals surface area contributed by atoms with E-state index in [0.29, 0.717) is 39.9 Å². The molecule has 7 nitrogen and oxygen atoms in total. The topological polar surface area (TPSA) is 102 Å². The zero-order valence-corrected chi connectivity index (χ0v) is 18.6. The molecule has 33 heavy (non-hydrogen) atoms. The Morgan fingerprint density at radius 3 is 2.42 bits per heavy atom. The van der Waals surface area contributed by atoms with E-state index >= 15 is 0 Å². The first-order chi connectivity index (χ1) is 15.9. The lowest BCUT2D eigenvalue weighted by atomic mass is 10.1. The third-order valence-corrected chi connectivity index (χ3v) is 5.43. The predicted molar refractivity (Wildman–Crippen MR) is 130 cm³/mol. The Labute approximate surface area is 196 Å². The van der Waals surface area contributed by atoms with E-state index in [1.165, 1.54) is 0 Å². The van der Waals surface area contributed by atoms with Crippen LogP contribution in [0, 0.1) is 0 Å². The lowest BCUT2D eigenvalue weighted by molar-refractivity contribution is 0.101. The summed E-state index contributed by atoms with van der Waals surface area (Å²) in [5.41, 5.74) is 9.64. The summed E-state index contributed by atoms with van der Waals surface area (Å²) in [4.78, 5) is 25.1. The summed E-state index contributed by atoms with van der Waals surface area (Å²) in [6, 6.07) is 23.1. The van der Waals surface area contributed by atoms with Crippen LogP contribution in [0.4, 0.5) is 11.5 Å². The maximum absolute atomic E-state index is 12.6. The van der Waals surface area contributed by atoms with Gasteiger partial charge < -0.3 is 16.4 Å². The number of nitrogens with zero attached hydrogens (tertiary/aromatic N) is 2. The SMILES string of the molecule is Cn1nc(-c2ccc(NC(=O)c3ccccc3Cl)cc2)cc1NC(=O)c1cccc(CN)c1. The van der Waals surface area contributed by atoms with Gasteiger partial charge in [-0.05, 0) is 42.0 Å². The molecule has 2 amide bonds. The lowest BCUT2D eigenvalue weighted by Crippen LogP contribution is -2.15. The smallest absolute Gasteiger partial charge is 0.257 e. The van der Waals surface area contributed by atoms with E-state index in [1.54, 1.807) is 72.4 Å². The molecule has 0 aliphatic rings. The molecule has 8 heteroatoms. The number of hydrogen-bond acceptors (Lipinski definition) is 4. The van der Waals surface area contributed by atoms with Crippen LogP contribution in [0.5, 0.6) is 0 Å². The fourth-order valence-electron chi connectivity index (χ4n) is 3.32. The Bertz CT molecular complexity index is 1310. The number of anilines is 2. The van der Waals surface area contributed by atoms with Crippen molar-refractivity contribution in [1.82, 2.24) is 9.78 Å². The Morgan fingerprint density at radius 1 is 0.939 bits per heavy atom. The normalized spacial score (nSPS) is 10.6.